The van der Waals surface area contributed by atoms with Crippen molar-refractivity contribution in [3.63, 3.8) is 0 Å². The Morgan fingerprint density at radius 3 is 1.88 bits per heavy atom. The molecule has 232 valence electrons. The third-order valence-electron chi connectivity index (χ3n) is 7.75. The van der Waals surface area contributed by atoms with Crippen molar-refractivity contribution in [2.24, 2.45) is 5.92 Å². The normalized spacial score (nSPS) is 14.5. The van der Waals surface area contributed by atoms with Gasteiger partial charge in [0.2, 0.25) is 0 Å². The van der Waals surface area contributed by atoms with E-state index in [1.807, 2.05) is 6.92 Å². The molecule has 0 saturated carbocycles. The van der Waals surface area contributed by atoms with E-state index in [4.69, 9.17) is 9.16 Å². The molecule has 0 aliphatic carbocycles. The Labute approximate surface area is 254 Å². The first-order valence-electron chi connectivity index (χ1n) is 15.6. The molecule has 1 atom stereocenters. The highest BCUT2D eigenvalue weighted by molar-refractivity contribution is 8.00. The Morgan fingerprint density at radius 2 is 1.38 bits per heavy atom. The van der Waals surface area contributed by atoms with Crippen molar-refractivity contribution in [2.75, 3.05) is 19.0 Å². The number of hydrogen-bond acceptors (Lipinski definition) is 4. The second kappa shape index (κ2) is 20.8. The van der Waals surface area contributed by atoms with Crippen molar-refractivity contribution in [1.29, 1.82) is 0 Å². The van der Waals surface area contributed by atoms with Crippen molar-refractivity contribution >= 4 is 26.0 Å². The molecule has 0 amide bonds. The van der Waals surface area contributed by atoms with Crippen LogP contribution in [0.4, 0.5) is 0 Å². The summed E-state index contributed by atoms with van der Waals surface area (Å²) < 4.78 is 12.0. The van der Waals surface area contributed by atoms with E-state index in [1.165, 1.54) is 16.7 Å². The van der Waals surface area contributed by atoms with Crippen molar-refractivity contribution in [2.45, 2.75) is 144 Å². The average Bonchev–Trinajstić information content (AvgIpc) is 2.83. The van der Waals surface area contributed by atoms with Gasteiger partial charge in [-0.25, -0.2) is 4.79 Å². The number of carbonyl (C=O) groups is 1. The van der Waals surface area contributed by atoms with Gasteiger partial charge >= 0.3 is 5.97 Å². The smallest absolute Gasteiger partial charge is 0.334 e. The summed E-state index contributed by atoms with van der Waals surface area (Å²) in [6.45, 7) is 27.9. The minimum Gasteiger partial charge on any atom is -0.463 e. The minimum absolute atomic E-state index is 0.162. The second-order valence-corrected chi connectivity index (χ2v) is 19.7. The molecule has 0 rings (SSSR count). The Kier molecular flexibility index (Phi) is 20.2. The van der Waals surface area contributed by atoms with Crippen LogP contribution >= 0.6 is 11.8 Å². The van der Waals surface area contributed by atoms with E-state index >= 15 is 0 Å². The lowest BCUT2D eigenvalue weighted by Gasteiger charge is -2.37. The van der Waals surface area contributed by atoms with Crippen LogP contribution in [0.3, 0.4) is 0 Å². The zero-order valence-electron chi connectivity index (χ0n) is 28.4. The number of thioether (sulfide) groups is 1. The molecule has 0 heterocycles. The molecule has 0 N–H and O–H groups in total. The predicted molar refractivity (Wildman–Crippen MR) is 183 cm³/mol. The largest absolute Gasteiger partial charge is 0.463 e. The third kappa shape index (κ3) is 19.1. The Hall–Kier alpha value is -1.04. The Bertz CT molecular complexity index is 839. The minimum atomic E-state index is -1.81. The maximum atomic E-state index is 12.5. The lowest BCUT2D eigenvalue weighted by Crippen LogP contribution is -2.42. The van der Waals surface area contributed by atoms with E-state index in [-0.39, 0.29) is 11.0 Å². The number of rotatable bonds is 20. The summed E-state index contributed by atoms with van der Waals surface area (Å²) in [5.41, 5.74) is 5.19. The fourth-order valence-corrected chi connectivity index (χ4v) is 5.77. The first-order valence-corrected chi connectivity index (χ1v) is 19.6. The molecule has 0 aromatic heterocycles. The van der Waals surface area contributed by atoms with Crippen molar-refractivity contribution in [3.05, 3.63) is 46.6 Å². The van der Waals surface area contributed by atoms with Gasteiger partial charge in [-0.2, -0.15) is 11.8 Å². The number of allylic oxidation sites excluding steroid dienone is 7. The van der Waals surface area contributed by atoms with Gasteiger partial charge in [0.05, 0.1) is 6.61 Å². The third-order valence-corrected chi connectivity index (χ3v) is 13.4. The number of ether oxygens (including phenoxy) is 1. The second-order valence-electron chi connectivity index (χ2n) is 13.4. The van der Waals surface area contributed by atoms with Gasteiger partial charge in [0.1, 0.15) is 0 Å². The molecule has 40 heavy (non-hydrogen) atoms. The van der Waals surface area contributed by atoms with E-state index in [1.54, 1.807) is 11.8 Å². The molecule has 0 saturated heterocycles. The fourth-order valence-electron chi connectivity index (χ4n) is 3.93. The van der Waals surface area contributed by atoms with E-state index in [0.717, 1.165) is 63.5 Å². The molecule has 0 radical (unpaired) electrons. The SMILES string of the molecule is CCOC(=O)/C(=C/CC[C@H](CC/C=C(\C)CC/C=C(\C)CCC=C(C)C)CO[Si](C)(C)C(C)(C)C)CSC(C)C. The number of hydrogen-bond donors (Lipinski definition) is 0. The van der Waals surface area contributed by atoms with Crippen LogP contribution in [0.15, 0.2) is 46.6 Å². The van der Waals surface area contributed by atoms with Crippen LogP contribution in [0.1, 0.15) is 121 Å². The summed E-state index contributed by atoms with van der Waals surface area (Å²) in [7, 11) is -1.81. The molecule has 0 aromatic carbocycles. The fraction of sp³-hybridized carbons (Fsp3) is 0.743. The van der Waals surface area contributed by atoms with Crippen LogP contribution in [0.5, 0.6) is 0 Å². The molecule has 0 aliphatic rings. The van der Waals surface area contributed by atoms with Gasteiger partial charge < -0.3 is 9.16 Å². The number of carbonyl (C=O) groups excluding carboxylic acids is 1. The van der Waals surface area contributed by atoms with Gasteiger partial charge in [0, 0.05) is 17.9 Å². The van der Waals surface area contributed by atoms with Gasteiger partial charge in [-0.3, -0.25) is 0 Å². The average molecular weight is 593 g/mol. The van der Waals surface area contributed by atoms with E-state index in [9.17, 15) is 4.79 Å². The van der Waals surface area contributed by atoms with Gasteiger partial charge in [-0.05, 0) is 115 Å². The highest BCUT2D eigenvalue weighted by Gasteiger charge is 2.37. The number of esters is 1. The van der Waals surface area contributed by atoms with Crippen LogP contribution in [-0.4, -0.2) is 38.5 Å². The van der Waals surface area contributed by atoms with Crippen LogP contribution in [-0.2, 0) is 14.0 Å². The van der Waals surface area contributed by atoms with Gasteiger partial charge in [-0.1, -0.05) is 75.6 Å². The first kappa shape index (κ1) is 39.0. The summed E-state index contributed by atoms with van der Waals surface area (Å²) in [5.74, 6) is 1.03. The van der Waals surface area contributed by atoms with E-state index in [2.05, 4.69) is 99.7 Å². The quantitative estimate of drug-likeness (QED) is 0.0609. The van der Waals surface area contributed by atoms with Gasteiger partial charge in [0.25, 0.3) is 0 Å². The predicted octanol–water partition coefficient (Wildman–Crippen LogP) is 11.2. The van der Waals surface area contributed by atoms with Crippen LogP contribution in [0.2, 0.25) is 18.1 Å². The highest BCUT2D eigenvalue weighted by Crippen LogP contribution is 2.37. The zero-order valence-corrected chi connectivity index (χ0v) is 30.2. The Morgan fingerprint density at radius 1 is 0.850 bits per heavy atom. The molecule has 0 spiro atoms. The zero-order chi connectivity index (χ0) is 30.8. The molecule has 0 bridgehead atoms. The molecule has 0 fully saturated rings. The molecule has 0 aliphatic heterocycles. The van der Waals surface area contributed by atoms with Crippen LogP contribution < -0.4 is 0 Å². The monoisotopic (exact) mass is 592 g/mol. The molecule has 0 aromatic rings. The lowest BCUT2D eigenvalue weighted by atomic mass is 9.96. The summed E-state index contributed by atoms with van der Waals surface area (Å²) in [4.78, 5) is 12.5. The van der Waals surface area contributed by atoms with Crippen molar-refractivity contribution in [3.8, 4) is 0 Å². The molecule has 0 unspecified atom stereocenters. The highest BCUT2D eigenvalue weighted by atomic mass is 32.2. The molecule has 3 nitrogen and oxygen atoms in total. The molecular weight excluding hydrogens is 529 g/mol. The summed E-state index contributed by atoms with van der Waals surface area (Å²) in [6, 6.07) is 0. The maximum absolute atomic E-state index is 12.5. The Balaban J connectivity index is 5.20. The van der Waals surface area contributed by atoms with Gasteiger partial charge in [0.15, 0.2) is 8.32 Å². The first-order chi connectivity index (χ1) is 18.6. The summed E-state index contributed by atoms with van der Waals surface area (Å²) in [5, 5.41) is 0.691. The molecular formula is C35H64O3SSi. The maximum Gasteiger partial charge on any atom is 0.334 e. The lowest BCUT2D eigenvalue weighted by molar-refractivity contribution is -0.138. The summed E-state index contributed by atoms with van der Waals surface area (Å²) in [6.07, 6.45) is 18.0. The van der Waals surface area contributed by atoms with Crippen molar-refractivity contribution in [1.82, 2.24) is 0 Å². The standard InChI is InChI=1S/C35H64O3SSi/c1-13-37-34(36)33(27-39-29(4)5)25-17-24-32(26-38-40(11,12)35(8,9)10)23-16-22-31(7)21-15-20-30(6)19-14-18-28(2)3/h18,20,22,25,29,32H,13-17,19,21,23-24,26-27H2,1-12H3/b30-20+,31-22+,33-25+/t32-/m0/s1. The van der Waals surface area contributed by atoms with Crippen LogP contribution in [0, 0.1) is 5.92 Å². The van der Waals surface area contributed by atoms with Crippen LogP contribution in [0.25, 0.3) is 0 Å². The topological polar surface area (TPSA) is 35.5 Å². The molecule has 5 heteroatoms. The van der Waals surface area contributed by atoms with E-state index < -0.39 is 8.32 Å². The summed E-state index contributed by atoms with van der Waals surface area (Å²) >= 11 is 1.80. The van der Waals surface area contributed by atoms with E-state index in [0.29, 0.717) is 23.5 Å². The van der Waals surface area contributed by atoms with Gasteiger partial charge in [-0.15, -0.1) is 0 Å². The van der Waals surface area contributed by atoms with Crippen molar-refractivity contribution < 1.29 is 14.0 Å².